The molecular weight excluding hydrogens is 454 g/mol. The highest BCUT2D eigenvalue weighted by molar-refractivity contribution is 5.67. The van der Waals surface area contributed by atoms with E-state index in [1.165, 1.54) is 77.0 Å². The average Bonchev–Trinajstić information content (AvgIpc) is 3.21. The van der Waals surface area contributed by atoms with E-state index in [2.05, 4.69) is 52.9 Å². The lowest BCUT2D eigenvalue weighted by Crippen LogP contribution is -2.51. The average molecular weight is 514 g/mol. The molecule has 0 aromatic rings. The minimum absolute atomic E-state index is 0.0583. The fourth-order valence-electron chi connectivity index (χ4n) is 9.69. The number of nitrogens with one attached hydrogen (secondary N) is 1. The van der Waals surface area contributed by atoms with Crippen LogP contribution in [-0.2, 0) is 4.74 Å². The molecule has 4 aliphatic rings. The smallest absolute Gasteiger partial charge is 0.407 e. The zero-order chi connectivity index (χ0) is 26.6. The van der Waals surface area contributed by atoms with Gasteiger partial charge in [0.2, 0.25) is 0 Å². The molecule has 0 radical (unpaired) electrons. The fourth-order valence-corrected chi connectivity index (χ4v) is 9.69. The Balaban J connectivity index is 1.34. The van der Waals surface area contributed by atoms with Gasteiger partial charge in [-0.05, 0) is 97.7 Å². The molecule has 8 unspecified atom stereocenters. The lowest BCUT2D eigenvalue weighted by Gasteiger charge is -2.58. The monoisotopic (exact) mass is 513 g/mol. The van der Waals surface area contributed by atoms with Crippen molar-refractivity contribution in [1.29, 1.82) is 0 Å². The van der Waals surface area contributed by atoms with Gasteiger partial charge in [0.25, 0.3) is 0 Å². The highest BCUT2D eigenvalue weighted by Gasteiger charge is 2.59. The van der Waals surface area contributed by atoms with Crippen LogP contribution in [0.5, 0.6) is 0 Å². The second-order valence-corrected chi connectivity index (χ2v) is 14.5. The summed E-state index contributed by atoms with van der Waals surface area (Å²) in [5.41, 5.74) is 2.48. The van der Waals surface area contributed by atoms with Gasteiger partial charge >= 0.3 is 6.09 Å². The van der Waals surface area contributed by atoms with E-state index < -0.39 is 0 Å². The predicted molar refractivity (Wildman–Crippen MR) is 155 cm³/mol. The molecule has 3 heteroatoms. The van der Waals surface area contributed by atoms with Crippen molar-refractivity contribution < 1.29 is 9.53 Å². The predicted octanol–water partition coefficient (Wildman–Crippen LogP) is 9.70. The Morgan fingerprint density at radius 3 is 2.57 bits per heavy atom. The van der Waals surface area contributed by atoms with Crippen molar-refractivity contribution in [1.82, 2.24) is 5.32 Å². The van der Waals surface area contributed by atoms with E-state index in [0.29, 0.717) is 10.8 Å². The summed E-state index contributed by atoms with van der Waals surface area (Å²) in [6, 6.07) is 0. The van der Waals surface area contributed by atoms with Crippen molar-refractivity contribution in [2.75, 3.05) is 6.54 Å². The third-order valence-corrected chi connectivity index (χ3v) is 11.8. The molecule has 0 heterocycles. The molecule has 4 aliphatic carbocycles. The van der Waals surface area contributed by atoms with Crippen LogP contribution < -0.4 is 5.32 Å². The summed E-state index contributed by atoms with van der Waals surface area (Å²) in [5, 5.41) is 3.00. The molecular formula is C34H59NO2. The van der Waals surface area contributed by atoms with E-state index in [-0.39, 0.29) is 12.2 Å². The number of amides is 1. The molecule has 3 fully saturated rings. The first-order chi connectivity index (χ1) is 17.7. The van der Waals surface area contributed by atoms with Crippen LogP contribution in [0.4, 0.5) is 4.79 Å². The third-order valence-electron chi connectivity index (χ3n) is 11.8. The van der Waals surface area contributed by atoms with Gasteiger partial charge < -0.3 is 10.1 Å². The van der Waals surface area contributed by atoms with Gasteiger partial charge in [0.05, 0.1) is 0 Å². The topological polar surface area (TPSA) is 38.3 Å². The number of rotatable bonds is 11. The maximum atomic E-state index is 12.4. The summed E-state index contributed by atoms with van der Waals surface area (Å²) in [6.45, 7) is 15.5. The van der Waals surface area contributed by atoms with Gasteiger partial charge in [0.1, 0.15) is 6.10 Å². The number of hydrogen-bond acceptors (Lipinski definition) is 2. The molecule has 3 saturated carbocycles. The quantitative estimate of drug-likeness (QED) is 0.220. The lowest BCUT2D eigenvalue weighted by molar-refractivity contribution is -0.0581. The van der Waals surface area contributed by atoms with Crippen LogP contribution in [0.3, 0.4) is 0 Å². The van der Waals surface area contributed by atoms with Gasteiger partial charge in [0.15, 0.2) is 0 Å². The van der Waals surface area contributed by atoms with E-state index in [1.54, 1.807) is 5.57 Å². The van der Waals surface area contributed by atoms with E-state index in [4.69, 9.17) is 4.74 Å². The number of carbonyl (C=O) groups excluding carboxylic acids is 1. The lowest BCUT2D eigenvalue weighted by atomic mass is 9.47. The van der Waals surface area contributed by atoms with E-state index in [0.717, 1.165) is 61.3 Å². The normalized spacial score (nSPS) is 37.8. The first-order valence-electron chi connectivity index (χ1n) is 16.3. The molecule has 0 bridgehead atoms. The molecule has 0 saturated heterocycles. The van der Waals surface area contributed by atoms with Crippen LogP contribution in [0.25, 0.3) is 0 Å². The Labute approximate surface area is 229 Å². The molecule has 0 spiro atoms. The Morgan fingerprint density at radius 2 is 1.81 bits per heavy atom. The van der Waals surface area contributed by atoms with Crippen LogP contribution in [0, 0.1) is 46.3 Å². The Kier molecular flexibility index (Phi) is 9.77. The molecule has 212 valence electrons. The number of allylic oxidation sites excluding steroid dienone is 1. The zero-order valence-corrected chi connectivity index (χ0v) is 25.2. The first kappa shape index (κ1) is 29.0. The van der Waals surface area contributed by atoms with E-state index in [1.807, 2.05) is 0 Å². The molecule has 37 heavy (non-hydrogen) atoms. The third kappa shape index (κ3) is 6.27. The van der Waals surface area contributed by atoms with Crippen LogP contribution in [-0.4, -0.2) is 18.7 Å². The summed E-state index contributed by atoms with van der Waals surface area (Å²) in [6.07, 6.45) is 21.6. The molecule has 4 rings (SSSR count). The van der Waals surface area contributed by atoms with Gasteiger partial charge in [-0.2, -0.15) is 0 Å². The zero-order valence-electron chi connectivity index (χ0n) is 25.2. The highest BCUT2D eigenvalue weighted by Crippen LogP contribution is 2.67. The minimum atomic E-state index is -0.202. The summed E-state index contributed by atoms with van der Waals surface area (Å²) in [7, 11) is 0. The molecule has 1 amide bonds. The Hall–Kier alpha value is -0.990. The summed E-state index contributed by atoms with van der Waals surface area (Å²) < 4.78 is 5.91. The highest BCUT2D eigenvalue weighted by atomic mass is 16.6. The van der Waals surface area contributed by atoms with Gasteiger partial charge in [0, 0.05) is 13.0 Å². The molecule has 0 aliphatic heterocycles. The second kappa shape index (κ2) is 12.5. The fraction of sp³-hybridized carbons (Fsp3) is 0.912. The molecule has 0 aromatic carbocycles. The largest absolute Gasteiger partial charge is 0.446 e. The maximum Gasteiger partial charge on any atom is 0.407 e. The van der Waals surface area contributed by atoms with Crippen LogP contribution >= 0.6 is 0 Å². The van der Waals surface area contributed by atoms with Crippen molar-refractivity contribution in [2.45, 2.75) is 144 Å². The van der Waals surface area contributed by atoms with Gasteiger partial charge in [-0.1, -0.05) is 91.7 Å². The number of unbranched alkanes of at least 4 members (excludes halogenated alkanes) is 3. The number of alkyl carbamates (subject to hydrolysis) is 1. The second-order valence-electron chi connectivity index (χ2n) is 14.5. The Bertz CT molecular complexity index is 789. The molecule has 8 atom stereocenters. The first-order valence-corrected chi connectivity index (χ1v) is 16.3. The number of fused-ring (bicyclic) bond motifs is 5. The van der Waals surface area contributed by atoms with Crippen molar-refractivity contribution in [3.05, 3.63) is 11.6 Å². The molecule has 3 nitrogen and oxygen atoms in total. The molecule has 1 N–H and O–H groups in total. The SMILES string of the molecule is CCCCCCNC(=O)OC1CCC2(C)C(=CCC3C2CCC2(C)C(C(C)CCCC(C)C)CCC32)C1. The van der Waals surface area contributed by atoms with E-state index >= 15 is 0 Å². The summed E-state index contributed by atoms with van der Waals surface area (Å²) >= 11 is 0. The van der Waals surface area contributed by atoms with E-state index in [9.17, 15) is 4.79 Å². The summed E-state index contributed by atoms with van der Waals surface area (Å²) in [4.78, 5) is 12.4. The van der Waals surface area contributed by atoms with Gasteiger partial charge in [-0.15, -0.1) is 0 Å². The molecule has 0 aromatic heterocycles. The van der Waals surface area contributed by atoms with Gasteiger partial charge in [-0.3, -0.25) is 0 Å². The number of hydrogen-bond donors (Lipinski definition) is 1. The number of ether oxygens (including phenoxy) is 1. The summed E-state index contributed by atoms with van der Waals surface area (Å²) in [5.74, 6) is 5.24. The van der Waals surface area contributed by atoms with Crippen molar-refractivity contribution in [3.8, 4) is 0 Å². The Morgan fingerprint density at radius 1 is 1.00 bits per heavy atom. The van der Waals surface area contributed by atoms with Gasteiger partial charge in [-0.25, -0.2) is 4.79 Å². The standard InChI is InChI=1S/C34H59NO2/c1-7-8-9-10-22-35-32(36)37-27-18-20-33(5)26(23-27)14-15-28-30-17-16-29(25(4)13-11-12-24(2)3)34(30,6)21-19-31(28)33/h14,24-25,27-31H,7-13,15-23H2,1-6H3,(H,35,36). The van der Waals surface area contributed by atoms with Crippen LogP contribution in [0.15, 0.2) is 11.6 Å². The minimum Gasteiger partial charge on any atom is -0.446 e. The van der Waals surface area contributed by atoms with Crippen LogP contribution in [0.1, 0.15) is 138 Å². The number of carbonyl (C=O) groups is 1. The van der Waals surface area contributed by atoms with Crippen molar-refractivity contribution >= 4 is 6.09 Å². The van der Waals surface area contributed by atoms with Crippen molar-refractivity contribution in [2.24, 2.45) is 46.3 Å². The van der Waals surface area contributed by atoms with Crippen molar-refractivity contribution in [3.63, 3.8) is 0 Å². The maximum absolute atomic E-state index is 12.4. The van der Waals surface area contributed by atoms with Crippen LogP contribution in [0.2, 0.25) is 0 Å².